The van der Waals surface area contributed by atoms with Crippen molar-refractivity contribution in [3.05, 3.63) is 28.5 Å². The van der Waals surface area contributed by atoms with Gasteiger partial charge in [-0.05, 0) is 74.2 Å². The van der Waals surface area contributed by atoms with Crippen LogP contribution in [0.2, 0.25) is 0 Å². The Bertz CT molecular complexity index is 431. The summed E-state index contributed by atoms with van der Waals surface area (Å²) in [6, 6.07) is 2.65. The molecule has 0 radical (unpaired) electrons. The highest BCUT2D eigenvalue weighted by Crippen LogP contribution is 2.18. The summed E-state index contributed by atoms with van der Waals surface area (Å²) in [5.74, 6) is 0.644. The van der Waals surface area contributed by atoms with Gasteiger partial charge in [0.2, 0.25) is 5.91 Å². The molecule has 0 bridgehead atoms. The summed E-state index contributed by atoms with van der Waals surface area (Å²) >= 11 is 1.64. The number of hydrogen-bond donors (Lipinski definition) is 1. The van der Waals surface area contributed by atoms with Gasteiger partial charge < -0.3 is 10.2 Å². The standard InChI is InChI=1S/C16H24N2OS/c1-13(2)18-8-5-14(6-9-18)11-17-16(19)4-3-15-7-10-20-12-15/h3-4,7,10,12-14H,5-6,8-9,11H2,1-2H3,(H,17,19)/b4-3+. The number of amides is 1. The quantitative estimate of drug-likeness (QED) is 0.846. The normalized spacial score (nSPS) is 17.9. The van der Waals surface area contributed by atoms with Crippen molar-refractivity contribution in [2.45, 2.75) is 32.7 Å². The summed E-state index contributed by atoms with van der Waals surface area (Å²) in [6.45, 7) is 7.61. The maximum atomic E-state index is 11.7. The Labute approximate surface area is 125 Å². The lowest BCUT2D eigenvalue weighted by atomic mass is 9.96. The molecular formula is C16H24N2OS. The van der Waals surface area contributed by atoms with Crippen LogP contribution in [0.1, 0.15) is 32.3 Å². The third-order valence-electron chi connectivity index (χ3n) is 3.91. The van der Waals surface area contributed by atoms with Crippen LogP contribution >= 0.6 is 11.3 Å². The Balaban J connectivity index is 1.67. The zero-order valence-electron chi connectivity index (χ0n) is 12.3. The lowest BCUT2D eigenvalue weighted by Gasteiger charge is -2.34. The van der Waals surface area contributed by atoms with Crippen molar-refractivity contribution in [2.24, 2.45) is 5.92 Å². The van der Waals surface area contributed by atoms with Gasteiger partial charge in [0, 0.05) is 18.7 Å². The van der Waals surface area contributed by atoms with Crippen LogP contribution in [-0.4, -0.2) is 36.5 Å². The second-order valence-corrected chi connectivity index (χ2v) is 6.49. The number of piperidine rings is 1. The lowest BCUT2D eigenvalue weighted by Crippen LogP contribution is -2.41. The molecule has 0 saturated carbocycles. The Morgan fingerprint density at radius 3 is 2.85 bits per heavy atom. The summed E-state index contributed by atoms with van der Waals surface area (Å²) in [5.41, 5.74) is 1.09. The van der Waals surface area contributed by atoms with E-state index in [1.165, 1.54) is 12.8 Å². The smallest absolute Gasteiger partial charge is 0.244 e. The number of rotatable bonds is 5. The first-order valence-corrected chi connectivity index (χ1v) is 8.31. The highest BCUT2D eigenvalue weighted by molar-refractivity contribution is 7.08. The van der Waals surface area contributed by atoms with Gasteiger partial charge in [-0.15, -0.1) is 0 Å². The molecule has 0 spiro atoms. The van der Waals surface area contributed by atoms with E-state index in [-0.39, 0.29) is 5.91 Å². The van der Waals surface area contributed by atoms with Crippen molar-refractivity contribution in [1.29, 1.82) is 0 Å². The molecule has 3 nitrogen and oxygen atoms in total. The summed E-state index contributed by atoms with van der Waals surface area (Å²) in [5, 5.41) is 7.07. The average Bonchev–Trinajstić information content (AvgIpc) is 2.96. The van der Waals surface area contributed by atoms with Gasteiger partial charge in [-0.3, -0.25) is 4.79 Å². The van der Waals surface area contributed by atoms with Gasteiger partial charge in [-0.2, -0.15) is 11.3 Å². The van der Waals surface area contributed by atoms with Gasteiger partial charge in [-0.1, -0.05) is 0 Å². The molecule has 0 aliphatic carbocycles. The molecule has 0 aromatic carbocycles. The molecule has 0 atom stereocenters. The average molecular weight is 292 g/mol. The largest absolute Gasteiger partial charge is 0.352 e. The second-order valence-electron chi connectivity index (χ2n) is 5.71. The van der Waals surface area contributed by atoms with Crippen LogP contribution in [0.5, 0.6) is 0 Å². The predicted octanol–water partition coefficient (Wildman–Crippen LogP) is 3.00. The molecule has 1 aliphatic heterocycles. The molecule has 2 heterocycles. The monoisotopic (exact) mass is 292 g/mol. The van der Waals surface area contributed by atoms with E-state index in [0.717, 1.165) is 25.2 Å². The van der Waals surface area contributed by atoms with Crippen LogP contribution < -0.4 is 5.32 Å². The molecule has 4 heteroatoms. The fraction of sp³-hybridized carbons (Fsp3) is 0.562. The number of nitrogens with one attached hydrogen (secondary N) is 1. The maximum Gasteiger partial charge on any atom is 0.244 e. The van der Waals surface area contributed by atoms with Crippen LogP contribution in [-0.2, 0) is 4.79 Å². The zero-order chi connectivity index (χ0) is 14.4. The van der Waals surface area contributed by atoms with Crippen molar-refractivity contribution in [3.8, 4) is 0 Å². The molecule has 1 aromatic rings. The molecule has 2 rings (SSSR count). The van der Waals surface area contributed by atoms with Crippen molar-refractivity contribution in [2.75, 3.05) is 19.6 Å². The van der Waals surface area contributed by atoms with Gasteiger partial charge in [-0.25, -0.2) is 0 Å². The first kappa shape index (κ1) is 15.3. The van der Waals surface area contributed by atoms with Crippen LogP contribution in [0, 0.1) is 5.92 Å². The molecule has 0 unspecified atom stereocenters. The maximum absolute atomic E-state index is 11.7. The van der Waals surface area contributed by atoms with E-state index in [9.17, 15) is 4.79 Å². The van der Waals surface area contributed by atoms with E-state index in [4.69, 9.17) is 0 Å². The number of likely N-dealkylation sites (tertiary alicyclic amines) is 1. The summed E-state index contributed by atoms with van der Waals surface area (Å²) < 4.78 is 0. The topological polar surface area (TPSA) is 32.3 Å². The van der Waals surface area contributed by atoms with Crippen molar-refractivity contribution in [1.82, 2.24) is 10.2 Å². The van der Waals surface area contributed by atoms with Gasteiger partial charge in [0.05, 0.1) is 0 Å². The number of thiophene rings is 1. The Morgan fingerprint density at radius 1 is 1.50 bits per heavy atom. The molecule has 1 aromatic heterocycles. The van der Waals surface area contributed by atoms with E-state index in [1.807, 2.05) is 22.9 Å². The summed E-state index contributed by atoms with van der Waals surface area (Å²) in [7, 11) is 0. The van der Waals surface area contributed by atoms with Gasteiger partial charge in [0.1, 0.15) is 0 Å². The Morgan fingerprint density at radius 2 is 2.25 bits per heavy atom. The fourth-order valence-corrected chi connectivity index (χ4v) is 3.15. The van der Waals surface area contributed by atoms with Gasteiger partial charge in [0.15, 0.2) is 0 Å². The van der Waals surface area contributed by atoms with E-state index in [1.54, 1.807) is 17.4 Å². The van der Waals surface area contributed by atoms with E-state index in [0.29, 0.717) is 12.0 Å². The summed E-state index contributed by atoms with van der Waals surface area (Å²) in [6.07, 6.45) is 5.87. The van der Waals surface area contributed by atoms with Gasteiger partial charge >= 0.3 is 0 Å². The first-order valence-electron chi connectivity index (χ1n) is 7.37. The first-order chi connectivity index (χ1) is 9.65. The van der Waals surface area contributed by atoms with Crippen molar-refractivity contribution < 1.29 is 4.79 Å². The van der Waals surface area contributed by atoms with Crippen LogP contribution in [0.15, 0.2) is 22.9 Å². The van der Waals surface area contributed by atoms with E-state index >= 15 is 0 Å². The Kier molecular flexibility index (Phi) is 5.80. The van der Waals surface area contributed by atoms with Gasteiger partial charge in [0.25, 0.3) is 0 Å². The molecule has 20 heavy (non-hydrogen) atoms. The highest BCUT2D eigenvalue weighted by atomic mass is 32.1. The van der Waals surface area contributed by atoms with Crippen molar-refractivity contribution in [3.63, 3.8) is 0 Å². The van der Waals surface area contributed by atoms with Crippen molar-refractivity contribution >= 4 is 23.3 Å². The third kappa shape index (κ3) is 4.76. The van der Waals surface area contributed by atoms with Crippen LogP contribution in [0.25, 0.3) is 6.08 Å². The predicted molar refractivity (Wildman–Crippen MR) is 85.8 cm³/mol. The summed E-state index contributed by atoms with van der Waals surface area (Å²) in [4.78, 5) is 14.3. The lowest BCUT2D eigenvalue weighted by molar-refractivity contribution is -0.116. The fourth-order valence-electron chi connectivity index (χ4n) is 2.52. The Hall–Kier alpha value is -1.13. The molecule has 1 N–H and O–H groups in total. The number of carbonyl (C=O) groups is 1. The number of nitrogens with zero attached hydrogens (tertiary/aromatic N) is 1. The minimum absolute atomic E-state index is 0.0162. The second kappa shape index (κ2) is 7.60. The molecule has 1 saturated heterocycles. The minimum Gasteiger partial charge on any atom is -0.352 e. The molecule has 1 fully saturated rings. The molecule has 1 aliphatic rings. The third-order valence-corrected chi connectivity index (χ3v) is 4.62. The molecule has 1 amide bonds. The number of hydrogen-bond acceptors (Lipinski definition) is 3. The zero-order valence-corrected chi connectivity index (χ0v) is 13.2. The van der Waals surface area contributed by atoms with Crippen LogP contribution in [0.4, 0.5) is 0 Å². The molecular weight excluding hydrogens is 268 g/mol. The van der Waals surface area contributed by atoms with E-state index in [2.05, 4.69) is 24.1 Å². The number of carbonyl (C=O) groups excluding carboxylic acids is 1. The highest BCUT2D eigenvalue weighted by Gasteiger charge is 2.20. The molecule has 110 valence electrons. The SMILES string of the molecule is CC(C)N1CCC(CNC(=O)/C=C/c2ccsc2)CC1. The van der Waals surface area contributed by atoms with Crippen LogP contribution in [0.3, 0.4) is 0 Å². The van der Waals surface area contributed by atoms with E-state index < -0.39 is 0 Å². The minimum atomic E-state index is 0.0162.